The van der Waals surface area contributed by atoms with Crippen molar-refractivity contribution in [3.8, 4) is 36.4 Å². The van der Waals surface area contributed by atoms with E-state index < -0.39 is 17.3 Å². The van der Waals surface area contributed by atoms with Gasteiger partial charge in [-0.3, -0.25) is 0 Å². The number of rotatable bonds is 11. The van der Waals surface area contributed by atoms with Crippen LogP contribution in [0.15, 0.2) is 0 Å². The van der Waals surface area contributed by atoms with Crippen LogP contribution in [0.2, 0.25) is 0 Å². The van der Waals surface area contributed by atoms with Crippen molar-refractivity contribution < 1.29 is 0 Å². The molecule has 0 radical (unpaired) electrons. The molecule has 0 amide bonds. The number of hydrogen-bond acceptors (Lipinski definition) is 6. The van der Waals surface area contributed by atoms with Crippen LogP contribution >= 0.6 is 0 Å². The van der Waals surface area contributed by atoms with Gasteiger partial charge in [0.25, 0.3) is 0 Å². The third-order valence-electron chi connectivity index (χ3n) is 4.18. The Morgan fingerprint density at radius 2 is 0.958 bits per heavy atom. The fourth-order valence-corrected chi connectivity index (χ4v) is 2.58. The van der Waals surface area contributed by atoms with Crippen LogP contribution in [-0.2, 0) is 0 Å². The highest BCUT2D eigenvalue weighted by molar-refractivity contribution is 5.35. The monoisotopic (exact) mass is 320 g/mol. The molecule has 24 heavy (non-hydrogen) atoms. The van der Waals surface area contributed by atoms with Gasteiger partial charge in [-0.2, -0.15) is 31.6 Å². The number of unbranched alkanes of at least 4 members (excludes halogenated alkanes) is 7. The maximum atomic E-state index is 9.41. The first-order valence-corrected chi connectivity index (χ1v) is 8.01. The minimum absolute atomic E-state index is 0.108. The van der Waals surface area contributed by atoms with Crippen LogP contribution in [0.5, 0.6) is 0 Å². The van der Waals surface area contributed by atoms with Crippen molar-refractivity contribution in [3.05, 3.63) is 0 Å². The Kier molecular flexibility index (Phi) is 10.0. The van der Waals surface area contributed by atoms with Crippen molar-refractivity contribution in [1.82, 2.24) is 0 Å². The Hall–Kier alpha value is -3.06. The third kappa shape index (κ3) is 5.29. The highest BCUT2D eigenvalue weighted by Crippen LogP contribution is 2.44. The van der Waals surface area contributed by atoms with E-state index in [1.165, 1.54) is 0 Å². The van der Waals surface area contributed by atoms with Gasteiger partial charge in [0.1, 0.15) is 0 Å². The SMILES string of the molecule is N#CCCCCCCCCCC(C#N)(C#N)C(C#N)(C#N)CC#N. The smallest absolute Gasteiger partial charge is 0.188 e. The van der Waals surface area contributed by atoms with Crippen molar-refractivity contribution in [3.63, 3.8) is 0 Å². The van der Waals surface area contributed by atoms with Gasteiger partial charge in [0, 0.05) is 6.42 Å². The highest BCUT2D eigenvalue weighted by Gasteiger charge is 2.54. The molecule has 0 N–H and O–H groups in total. The molecule has 6 heteroatoms. The van der Waals surface area contributed by atoms with Gasteiger partial charge in [-0.25, -0.2) is 0 Å². The minimum atomic E-state index is -1.91. The Morgan fingerprint density at radius 3 is 1.38 bits per heavy atom. The van der Waals surface area contributed by atoms with Gasteiger partial charge in [-0.15, -0.1) is 0 Å². The number of nitriles is 6. The van der Waals surface area contributed by atoms with Crippen molar-refractivity contribution >= 4 is 0 Å². The molecule has 0 aliphatic carbocycles. The van der Waals surface area contributed by atoms with Gasteiger partial charge in [0.2, 0.25) is 0 Å². The molecule has 0 aromatic heterocycles. The molecule has 0 spiro atoms. The largest absolute Gasteiger partial charge is 0.198 e. The summed E-state index contributed by atoms with van der Waals surface area (Å²) >= 11 is 0. The molecule has 0 saturated carbocycles. The summed E-state index contributed by atoms with van der Waals surface area (Å²) in [6.07, 6.45) is 6.48. The van der Waals surface area contributed by atoms with Crippen molar-refractivity contribution in [2.45, 2.75) is 64.2 Å². The quantitative estimate of drug-likeness (QED) is 0.526. The first kappa shape index (κ1) is 20.9. The second-order valence-corrected chi connectivity index (χ2v) is 5.73. The maximum absolute atomic E-state index is 9.41. The zero-order chi connectivity index (χ0) is 18.3. The lowest BCUT2D eigenvalue weighted by Crippen LogP contribution is -2.38. The molecule has 0 aliphatic rings. The molecule has 0 rings (SSSR count). The van der Waals surface area contributed by atoms with Gasteiger partial charge < -0.3 is 0 Å². The highest BCUT2D eigenvalue weighted by atomic mass is 14.6. The fourth-order valence-electron chi connectivity index (χ4n) is 2.58. The zero-order valence-corrected chi connectivity index (χ0v) is 13.8. The molecule has 0 aromatic carbocycles. The maximum Gasteiger partial charge on any atom is 0.188 e. The second kappa shape index (κ2) is 11.5. The summed E-state index contributed by atoms with van der Waals surface area (Å²) < 4.78 is 0. The van der Waals surface area contributed by atoms with Crippen LogP contribution in [-0.4, -0.2) is 0 Å². The van der Waals surface area contributed by atoms with E-state index in [1.807, 2.05) is 12.1 Å². The molecule has 0 aliphatic heterocycles. The van der Waals surface area contributed by atoms with Crippen LogP contribution in [0.25, 0.3) is 0 Å². The Bertz CT molecular complexity index is 610. The number of nitrogens with zero attached hydrogens (tertiary/aromatic N) is 6. The van der Waals surface area contributed by atoms with E-state index in [0.717, 1.165) is 38.5 Å². The lowest BCUT2D eigenvalue weighted by molar-refractivity contribution is 0.273. The molecule has 0 fully saturated rings. The Morgan fingerprint density at radius 1 is 0.500 bits per heavy atom. The van der Waals surface area contributed by atoms with Gasteiger partial charge >= 0.3 is 0 Å². The van der Waals surface area contributed by atoms with Crippen LogP contribution in [0.4, 0.5) is 0 Å². The third-order valence-corrected chi connectivity index (χ3v) is 4.18. The van der Waals surface area contributed by atoms with E-state index >= 15 is 0 Å². The topological polar surface area (TPSA) is 143 Å². The average molecular weight is 320 g/mol. The normalized spacial score (nSPS) is 10.2. The fraction of sp³-hybridized carbons (Fsp3) is 0.667. The molecule has 6 nitrogen and oxygen atoms in total. The molecular formula is C18H20N6. The molecule has 0 atom stereocenters. The molecule has 122 valence electrons. The first-order valence-electron chi connectivity index (χ1n) is 8.01. The molecular weight excluding hydrogens is 300 g/mol. The average Bonchev–Trinajstić information content (AvgIpc) is 2.62. The van der Waals surface area contributed by atoms with E-state index in [-0.39, 0.29) is 6.42 Å². The van der Waals surface area contributed by atoms with Crippen molar-refractivity contribution in [2.75, 3.05) is 0 Å². The lowest BCUT2D eigenvalue weighted by atomic mass is 9.62. The van der Waals surface area contributed by atoms with E-state index in [1.54, 1.807) is 18.2 Å². The summed E-state index contributed by atoms with van der Waals surface area (Å²) in [5.74, 6) is 0. The second-order valence-electron chi connectivity index (χ2n) is 5.73. The van der Waals surface area contributed by atoms with Crippen LogP contribution < -0.4 is 0 Å². The van der Waals surface area contributed by atoms with E-state index in [4.69, 9.17) is 10.5 Å². The predicted octanol–water partition coefficient (Wildman–Crippen LogP) is 4.00. The Balaban J connectivity index is 4.58. The van der Waals surface area contributed by atoms with Gasteiger partial charge in [-0.05, 0) is 12.8 Å². The summed E-state index contributed by atoms with van der Waals surface area (Å²) in [5, 5.41) is 54.7. The Labute approximate surface area is 143 Å². The van der Waals surface area contributed by atoms with Crippen LogP contribution in [0.3, 0.4) is 0 Å². The van der Waals surface area contributed by atoms with Gasteiger partial charge in [-0.1, -0.05) is 38.5 Å². The summed E-state index contributed by atoms with van der Waals surface area (Å²) in [4.78, 5) is 0. The molecule has 0 bridgehead atoms. The summed E-state index contributed by atoms with van der Waals surface area (Å²) in [5.41, 5.74) is -3.69. The zero-order valence-electron chi connectivity index (χ0n) is 13.8. The molecule has 0 unspecified atom stereocenters. The molecule has 0 aromatic rings. The van der Waals surface area contributed by atoms with Gasteiger partial charge in [0.05, 0.1) is 42.8 Å². The summed E-state index contributed by atoms with van der Waals surface area (Å²) in [6, 6.07) is 11.0. The van der Waals surface area contributed by atoms with Crippen molar-refractivity contribution in [1.29, 1.82) is 31.6 Å². The van der Waals surface area contributed by atoms with Crippen LogP contribution in [0, 0.1) is 78.8 Å². The van der Waals surface area contributed by atoms with E-state index in [2.05, 4.69) is 6.07 Å². The van der Waals surface area contributed by atoms with Gasteiger partial charge in [0.15, 0.2) is 10.8 Å². The summed E-state index contributed by atoms with van der Waals surface area (Å²) in [6.45, 7) is 0. The standard InChI is InChI=1S/C18H20N6/c19-11-8-6-4-2-1-3-5-7-9-17(13-21,14-22)18(15-23,16-24)10-12-20/h1-10H2. The summed E-state index contributed by atoms with van der Waals surface area (Å²) in [7, 11) is 0. The first-order chi connectivity index (χ1) is 11.6. The predicted molar refractivity (Wildman–Crippen MR) is 84.7 cm³/mol. The van der Waals surface area contributed by atoms with E-state index in [9.17, 15) is 21.0 Å². The number of hydrogen-bond donors (Lipinski definition) is 0. The van der Waals surface area contributed by atoms with E-state index in [0.29, 0.717) is 12.8 Å². The van der Waals surface area contributed by atoms with Crippen molar-refractivity contribution in [2.24, 2.45) is 10.8 Å². The molecule has 0 heterocycles. The minimum Gasteiger partial charge on any atom is -0.198 e. The lowest BCUT2D eigenvalue weighted by Gasteiger charge is -2.29. The molecule has 0 saturated heterocycles. The van der Waals surface area contributed by atoms with Crippen LogP contribution in [0.1, 0.15) is 64.2 Å².